The predicted octanol–water partition coefficient (Wildman–Crippen LogP) is 12.8. The van der Waals surface area contributed by atoms with Gasteiger partial charge in [0.25, 0.3) is 0 Å². The van der Waals surface area contributed by atoms with Crippen molar-refractivity contribution in [2.45, 2.75) is 117 Å². The van der Waals surface area contributed by atoms with Crippen LogP contribution in [0.25, 0.3) is 0 Å². The highest BCUT2D eigenvalue weighted by Gasteiger charge is 2.38. The molecule has 0 saturated carbocycles. The van der Waals surface area contributed by atoms with Gasteiger partial charge >= 0.3 is 0 Å². The van der Waals surface area contributed by atoms with Gasteiger partial charge in [0, 0.05) is 54.4 Å². The molecule has 0 saturated heterocycles. The summed E-state index contributed by atoms with van der Waals surface area (Å²) in [5, 5.41) is 0.623. The van der Waals surface area contributed by atoms with E-state index < -0.39 is 0 Å². The quantitative estimate of drug-likeness (QED) is 0.151. The summed E-state index contributed by atoms with van der Waals surface area (Å²) >= 11 is 6.49. The second-order valence-corrected chi connectivity index (χ2v) is 17.5. The first-order chi connectivity index (χ1) is 26.8. The predicted molar refractivity (Wildman–Crippen MR) is 237 cm³/mol. The molecule has 0 amide bonds. The Bertz CT molecular complexity index is 2130. The van der Waals surface area contributed by atoms with Crippen LogP contribution in [0.5, 0.6) is 0 Å². The number of rotatable bonds is 4. The number of nitrogens with zero attached hydrogens (tertiary/aromatic N) is 2. The van der Waals surface area contributed by atoms with Crippen molar-refractivity contribution in [3.05, 3.63) is 163 Å². The Kier molecular flexibility index (Phi) is 11.2. The number of hydrogen-bond donors (Lipinski definition) is 0. The lowest BCUT2D eigenvalue weighted by atomic mass is 9.67. The first kappa shape index (κ1) is 37.9. The molecule has 286 valence electrons. The Morgan fingerprint density at radius 1 is 0.691 bits per heavy atom. The van der Waals surface area contributed by atoms with E-state index in [0.717, 1.165) is 19.3 Å². The van der Waals surface area contributed by atoms with Gasteiger partial charge in [-0.2, -0.15) is 0 Å². The van der Waals surface area contributed by atoms with Crippen molar-refractivity contribution in [1.82, 2.24) is 0 Å². The van der Waals surface area contributed by atoms with Gasteiger partial charge in [-0.3, -0.25) is 0 Å². The van der Waals surface area contributed by atoms with Crippen molar-refractivity contribution in [1.29, 1.82) is 0 Å². The van der Waals surface area contributed by atoms with Crippen molar-refractivity contribution in [2.75, 3.05) is 36.0 Å². The summed E-state index contributed by atoms with van der Waals surface area (Å²) < 4.78 is 0. The highest BCUT2D eigenvalue weighted by Crippen LogP contribution is 2.52. The maximum absolute atomic E-state index is 6.49. The van der Waals surface area contributed by atoms with Crippen LogP contribution in [0.2, 0.25) is 0 Å². The zero-order chi connectivity index (χ0) is 38.2. The van der Waals surface area contributed by atoms with Gasteiger partial charge in [-0.25, -0.2) is 0 Å². The van der Waals surface area contributed by atoms with Crippen molar-refractivity contribution >= 4 is 23.0 Å². The highest BCUT2D eigenvalue weighted by molar-refractivity contribution is 6.30. The topological polar surface area (TPSA) is 6.48 Å². The fraction of sp³-hybridized carbons (Fsp3) is 0.423. The third-order valence-corrected chi connectivity index (χ3v) is 13.2. The number of benzene rings is 4. The van der Waals surface area contributed by atoms with E-state index in [0.29, 0.717) is 11.0 Å². The minimum atomic E-state index is 0.222. The van der Waals surface area contributed by atoms with Gasteiger partial charge in [0.1, 0.15) is 0 Å². The molecule has 55 heavy (non-hydrogen) atoms. The summed E-state index contributed by atoms with van der Waals surface area (Å²) in [6, 6.07) is 20.8. The Balaban J connectivity index is 0.000000378. The third-order valence-electron chi connectivity index (χ3n) is 13.0. The summed E-state index contributed by atoms with van der Waals surface area (Å²) in [4.78, 5) is 5.40. The highest BCUT2D eigenvalue weighted by atomic mass is 35.5. The average molecular weight is 750 g/mol. The van der Waals surface area contributed by atoms with E-state index >= 15 is 0 Å². The number of hydrogen-bond acceptors (Lipinski definition) is 2. The van der Waals surface area contributed by atoms with Crippen LogP contribution in [0.4, 0.5) is 11.4 Å². The standard InChI is InChI=1S/C42H45ClN2.C7H8.C3H8/c1-4-9-31-34-21-30-24-38-33-13-8-17-45-15-6-11-28(42(33)45)20-39(38)40(25(2)18-26(3)43)35(30)22-29(34)23-37-32-12-7-16-44-14-5-10-27(41(32)44)19-36(31)37;1-7-5-3-2-4-6-7;1-3-2/h4,18-22,31,40H,1,3,5-17,23-24H2,2H3;2-6H,1H3;3H2,1-2H3/b25-18-;;. The molecule has 10 rings (SSSR count). The Hall–Kier alpha value is -4.01. The summed E-state index contributed by atoms with van der Waals surface area (Å²) in [6.45, 7) is 21.8. The van der Waals surface area contributed by atoms with Gasteiger partial charge < -0.3 is 9.80 Å². The summed E-state index contributed by atoms with van der Waals surface area (Å²) in [7, 11) is 0. The number of allylic oxidation sites excluding steroid dienone is 4. The van der Waals surface area contributed by atoms with E-state index in [4.69, 9.17) is 11.6 Å². The molecule has 6 aliphatic rings. The molecule has 4 aromatic carbocycles. The van der Waals surface area contributed by atoms with E-state index in [9.17, 15) is 0 Å². The van der Waals surface area contributed by atoms with Crippen LogP contribution in [-0.4, -0.2) is 26.2 Å². The maximum Gasteiger partial charge on any atom is 0.0434 e. The fourth-order valence-corrected chi connectivity index (χ4v) is 11.2. The molecular formula is C52H61ClN2. The van der Waals surface area contributed by atoms with Crippen LogP contribution in [0.3, 0.4) is 0 Å². The van der Waals surface area contributed by atoms with E-state index in [1.54, 1.807) is 55.9 Å². The van der Waals surface area contributed by atoms with Gasteiger partial charge in [0.2, 0.25) is 0 Å². The lowest BCUT2D eigenvalue weighted by molar-refractivity contribution is 0.624. The van der Waals surface area contributed by atoms with Gasteiger partial charge in [-0.05, 0) is 157 Å². The molecule has 0 N–H and O–H groups in total. The number of fused-ring (bicyclic) bond motifs is 6. The van der Waals surface area contributed by atoms with Gasteiger partial charge in [-0.1, -0.05) is 110 Å². The molecule has 4 heterocycles. The van der Waals surface area contributed by atoms with Crippen LogP contribution in [-0.2, 0) is 38.5 Å². The minimum absolute atomic E-state index is 0.222. The number of aryl methyl sites for hydroxylation is 3. The van der Waals surface area contributed by atoms with Crippen LogP contribution < -0.4 is 9.80 Å². The molecule has 2 unspecified atom stereocenters. The normalized spacial score (nSPS) is 19.8. The van der Waals surface area contributed by atoms with Crippen LogP contribution in [0.1, 0.15) is 143 Å². The van der Waals surface area contributed by atoms with Crippen molar-refractivity contribution in [3.63, 3.8) is 0 Å². The van der Waals surface area contributed by atoms with Crippen LogP contribution in [0.15, 0.2) is 90.5 Å². The van der Waals surface area contributed by atoms with Gasteiger partial charge in [-0.15, -0.1) is 6.58 Å². The average Bonchev–Trinajstić information content (AvgIpc) is 3.18. The minimum Gasteiger partial charge on any atom is -0.371 e. The van der Waals surface area contributed by atoms with Crippen molar-refractivity contribution in [2.24, 2.45) is 0 Å². The lowest BCUT2D eigenvalue weighted by Crippen LogP contribution is -2.36. The van der Waals surface area contributed by atoms with E-state index in [1.165, 1.54) is 117 Å². The molecule has 4 aliphatic heterocycles. The molecule has 2 aliphatic carbocycles. The third kappa shape index (κ3) is 7.14. The Morgan fingerprint density at radius 3 is 1.71 bits per heavy atom. The second-order valence-electron chi connectivity index (χ2n) is 17.1. The van der Waals surface area contributed by atoms with Crippen molar-refractivity contribution in [3.8, 4) is 0 Å². The molecule has 4 aromatic rings. The molecule has 2 atom stereocenters. The van der Waals surface area contributed by atoms with E-state index in [2.05, 4.69) is 99.2 Å². The molecule has 0 bridgehead atoms. The Morgan fingerprint density at radius 2 is 1.18 bits per heavy atom. The maximum atomic E-state index is 6.49. The van der Waals surface area contributed by atoms with Crippen LogP contribution >= 0.6 is 11.6 Å². The SMILES string of the molecule is C=CCC1c2cc3c(cc2Cc2c1cc1c4c2CCCN4CCC1)C(/C(C)=C\C(=C)Cl)c1cc2c4c(c1C3)CCCN4CCC2.CCC.Cc1ccccc1. The molecule has 3 heteroatoms. The molecule has 0 aromatic heterocycles. The van der Waals surface area contributed by atoms with E-state index in [1.807, 2.05) is 18.2 Å². The van der Waals surface area contributed by atoms with Gasteiger partial charge in [0.15, 0.2) is 0 Å². The number of anilines is 2. The van der Waals surface area contributed by atoms with Gasteiger partial charge in [0.05, 0.1) is 0 Å². The lowest BCUT2D eigenvalue weighted by Gasteiger charge is -2.42. The first-order valence-electron chi connectivity index (χ1n) is 21.5. The molecule has 0 radical (unpaired) electrons. The van der Waals surface area contributed by atoms with E-state index in [-0.39, 0.29) is 5.92 Å². The molecule has 0 fully saturated rings. The summed E-state index contributed by atoms with van der Waals surface area (Å²) in [5.74, 6) is 0.613. The zero-order valence-electron chi connectivity index (χ0n) is 34.0. The largest absolute Gasteiger partial charge is 0.371 e. The van der Waals surface area contributed by atoms with Crippen molar-refractivity contribution < 1.29 is 0 Å². The van der Waals surface area contributed by atoms with Crippen LogP contribution in [0, 0.1) is 6.92 Å². The molecular weight excluding hydrogens is 688 g/mol. The summed E-state index contributed by atoms with van der Waals surface area (Å²) in [5.41, 5.74) is 24.8. The molecule has 0 spiro atoms. The molecule has 2 nitrogen and oxygen atoms in total. The summed E-state index contributed by atoms with van der Waals surface area (Å²) in [6.07, 6.45) is 18.6. The monoisotopic (exact) mass is 748 g/mol. The Labute approximate surface area is 337 Å². The zero-order valence-corrected chi connectivity index (χ0v) is 34.8. The number of halogens is 1. The smallest absolute Gasteiger partial charge is 0.0434 e. The second kappa shape index (κ2) is 16.2. The fourth-order valence-electron chi connectivity index (χ4n) is 11.0. The first-order valence-corrected chi connectivity index (χ1v) is 21.8.